The molecule has 0 spiro atoms. The maximum Gasteiger partial charge on any atom is 0.143 e. The largest absolute Gasteiger partial charge is 0.288 e. The van der Waals surface area contributed by atoms with Crippen molar-refractivity contribution in [1.29, 1.82) is 0 Å². The summed E-state index contributed by atoms with van der Waals surface area (Å²) >= 11 is 0. The van der Waals surface area contributed by atoms with Gasteiger partial charge in [-0.3, -0.25) is 4.40 Å². The van der Waals surface area contributed by atoms with Crippen molar-refractivity contribution in [2.45, 2.75) is 13.8 Å². The van der Waals surface area contributed by atoms with Crippen molar-refractivity contribution in [3.8, 4) is 11.3 Å². The van der Waals surface area contributed by atoms with E-state index >= 15 is 0 Å². The zero-order valence-electron chi connectivity index (χ0n) is 9.88. The van der Waals surface area contributed by atoms with E-state index in [-0.39, 0.29) is 0 Å². The molecule has 17 heavy (non-hydrogen) atoms. The highest BCUT2D eigenvalue weighted by Gasteiger charge is 2.10. The molecule has 0 unspecified atom stereocenters. The molecule has 1 aromatic carbocycles. The van der Waals surface area contributed by atoms with Crippen molar-refractivity contribution < 1.29 is 0 Å². The van der Waals surface area contributed by atoms with Crippen molar-refractivity contribution >= 4 is 5.65 Å². The Morgan fingerprint density at radius 3 is 2.59 bits per heavy atom. The third-order valence-electron chi connectivity index (χ3n) is 3.00. The monoisotopic (exact) mass is 223 g/mol. The van der Waals surface area contributed by atoms with Gasteiger partial charge in [0.25, 0.3) is 0 Å². The highest BCUT2D eigenvalue weighted by molar-refractivity contribution is 5.69. The van der Waals surface area contributed by atoms with Crippen molar-refractivity contribution in [2.75, 3.05) is 0 Å². The first-order valence-corrected chi connectivity index (χ1v) is 5.63. The van der Waals surface area contributed by atoms with Gasteiger partial charge < -0.3 is 0 Å². The molecule has 0 aliphatic rings. The van der Waals surface area contributed by atoms with Gasteiger partial charge in [0.2, 0.25) is 0 Å². The maximum atomic E-state index is 4.67. The normalized spacial score (nSPS) is 10.9. The van der Waals surface area contributed by atoms with Gasteiger partial charge in [0.1, 0.15) is 11.5 Å². The molecule has 0 bridgehead atoms. The second-order valence-corrected chi connectivity index (χ2v) is 4.12. The van der Waals surface area contributed by atoms with Crippen LogP contribution < -0.4 is 0 Å². The Kier molecular flexibility index (Phi) is 2.18. The molecule has 2 aromatic heterocycles. The maximum absolute atomic E-state index is 4.67. The van der Waals surface area contributed by atoms with Crippen LogP contribution in [0.4, 0.5) is 0 Å². The van der Waals surface area contributed by atoms with E-state index in [9.17, 15) is 0 Å². The molecule has 0 aliphatic carbocycles. The number of rotatable bonds is 1. The molecule has 3 aromatic rings. The number of fused-ring (bicyclic) bond motifs is 1. The molecule has 3 heteroatoms. The molecule has 0 radical (unpaired) electrons. The summed E-state index contributed by atoms with van der Waals surface area (Å²) in [6, 6.07) is 10.2. The quantitative estimate of drug-likeness (QED) is 0.634. The van der Waals surface area contributed by atoms with Gasteiger partial charge in [-0.25, -0.2) is 9.97 Å². The zero-order valence-corrected chi connectivity index (χ0v) is 9.88. The van der Waals surface area contributed by atoms with E-state index in [0.29, 0.717) is 0 Å². The van der Waals surface area contributed by atoms with Crippen LogP contribution in [-0.4, -0.2) is 14.4 Å². The number of hydrogen-bond acceptors (Lipinski definition) is 2. The molecule has 0 saturated carbocycles. The molecule has 0 saturated heterocycles. The summed E-state index contributed by atoms with van der Waals surface area (Å²) in [5.74, 6) is 0.960. The van der Waals surface area contributed by atoms with Gasteiger partial charge in [0.05, 0.1) is 5.69 Å². The van der Waals surface area contributed by atoms with Crippen molar-refractivity contribution in [2.24, 2.45) is 0 Å². The Labute approximate surface area is 99.8 Å². The van der Waals surface area contributed by atoms with E-state index in [1.54, 1.807) is 0 Å². The fourth-order valence-corrected chi connectivity index (χ4v) is 2.12. The van der Waals surface area contributed by atoms with Crippen molar-refractivity contribution in [3.05, 3.63) is 54.1 Å². The number of imidazole rings is 1. The fraction of sp³-hybridized carbons (Fsp3) is 0.143. The molecule has 0 amide bonds. The smallest absolute Gasteiger partial charge is 0.143 e. The SMILES string of the molecule is Cc1c(-c2ccccc2)nc(C)n2ccnc12. The minimum absolute atomic E-state index is 0.960. The van der Waals surface area contributed by atoms with Gasteiger partial charge in [-0.15, -0.1) is 0 Å². The van der Waals surface area contributed by atoms with E-state index in [1.165, 1.54) is 0 Å². The molecule has 0 N–H and O–H groups in total. The first-order valence-electron chi connectivity index (χ1n) is 5.63. The van der Waals surface area contributed by atoms with Crippen molar-refractivity contribution in [1.82, 2.24) is 14.4 Å². The molecule has 3 nitrogen and oxygen atoms in total. The number of benzene rings is 1. The number of aryl methyl sites for hydroxylation is 2. The second-order valence-electron chi connectivity index (χ2n) is 4.12. The lowest BCUT2D eigenvalue weighted by molar-refractivity contribution is 0.979. The third-order valence-corrected chi connectivity index (χ3v) is 3.00. The van der Waals surface area contributed by atoms with Crippen molar-refractivity contribution in [3.63, 3.8) is 0 Å². The molecule has 0 atom stereocenters. The Morgan fingerprint density at radius 1 is 1.06 bits per heavy atom. The van der Waals surface area contributed by atoms with E-state index < -0.39 is 0 Å². The highest BCUT2D eigenvalue weighted by Crippen LogP contribution is 2.24. The standard InChI is InChI=1S/C14H13N3/c1-10-13(12-6-4-3-5-7-12)16-11(2)17-9-8-15-14(10)17/h3-9H,1-2H3. The molecule has 0 aliphatic heterocycles. The molecular weight excluding hydrogens is 210 g/mol. The topological polar surface area (TPSA) is 30.2 Å². The van der Waals surface area contributed by atoms with Gasteiger partial charge >= 0.3 is 0 Å². The second kappa shape index (κ2) is 3.70. The first kappa shape index (κ1) is 10.0. The lowest BCUT2D eigenvalue weighted by atomic mass is 10.1. The summed E-state index contributed by atoms with van der Waals surface area (Å²) in [5, 5.41) is 0. The highest BCUT2D eigenvalue weighted by atomic mass is 15.1. The van der Waals surface area contributed by atoms with Crippen LogP contribution in [0.1, 0.15) is 11.4 Å². The summed E-state index contributed by atoms with van der Waals surface area (Å²) in [5.41, 5.74) is 4.25. The van der Waals surface area contributed by atoms with E-state index in [1.807, 2.05) is 41.9 Å². The Morgan fingerprint density at radius 2 is 1.82 bits per heavy atom. The Bertz CT molecular complexity index is 669. The molecule has 0 fully saturated rings. The van der Waals surface area contributed by atoms with Gasteiger partial charge in [0.15, 0.2) is 0 Å². The predicted molar refractivity (Wildman–Crippen MR) is 67.9 cm³/mol. The van der Waals surface area contributed by atoms with Crippen LogP contribution in [-0.2, 0) is 0 Å². The number of aromatic nitrogens is 3. The summed E-state index contributed by atoms with van der Waals surface area (Å²) < 4.78 is 2.02. The average Bonchev–Trinajstić information content (AvgIpc) is 2.85. The Hall–Kier alpha value is -2.16. The number of hydrogen-bond donors (Lipinski definition) is 0. The molecule has 84 valence electrons. The van der Waals surface area contributed by atoms with Gasteiger partial charge in [-0.2, -0.15) is 0 Å². The fourth-order valence-electron chi connectivity index (χ4n) is 2.12. The molecular formula is C14H13N3. The van der Waals surface area contributed by atoms with Gasteiger partial charge in [-0.1, -0.05) is 30.3 Å². The van der Waals surface area contributed by atoms with Crippen LogP contribution in [0.5, 0.6) is 0 Å². The lowest BCUT2D eigenvalue weighted by Gasteiger charge is -2.09. The van der Waals surface area contributed by atoms with E-state index in [0.717, 1.165) is 28.3 Å². The summed E-state index contributed by atoms with van der Waals surface area (Å²) in [6.07, 6.45) is 3.76. The van der Waals surface area contributed by atoms with Crippen LogP contribution in [0.25, 0.3) is 16.9 Å². The first-order chi connectivity index (χ1) is 8.27. The van der Waals surface area contributed by atoms with E-state index in [2.05, 4.69) is 29.0 Å². The average molecular weight is 223 g/mol. The number of nitrogens with zero attached hydrogens (tertiary/aromatic N) is 3. The predicted octanol–water partition coefficient (Wildman–Crippen LogP) is 3.01. The van der Waals surface area contributed by atoms with Crippen LogP contribution >= 0.6 is 0 Å². The van der Waals surface area contributed by atoms with Crippen LogP contribution in [0.3, 0.4) is 0 Å². The van der Waals surface area contributed by atoms with Crippen LogP contribution in [0.15, 0.2) is 42.7 Å². The summed E-state index contributed by atoms with van der Waals surface area (Å²) in [7, 11) is 0. The molecule has 3 rings (SSSR count). The Balaban J connectivity index is 2.34. The van der Waals surface area contributed by atoms with E-state index in [4.69, 9.17) is 0 Å². The summed E-state index contributed by atoms with van der Waals surface area (Å²) in [4.78, 5) is 9.05. The minimum atomic E-state index is 0.960. The summed E-state index contributed by atoms with van der Waals surface area (Å²) in [6.45, 7) is 4.07. The van der Waals surface area contributed by atoms with Gasteiger partial charge in [-0.05, 0) is 13.8 Å². The minimum Gasteiger partial charge on any atom is -0.288 e. The van der Waals surface area contributed by atoms with Crippen LogP contribution in [0.2, 0.25) is 0 Å². The van der Waals surface area contributed by atoms with Gasteiger partial charge in [0, 0.05) is 23.5 Å². The molecule has 2 heterocycles. The third kappa shape index (κ3) is 1.51. The zero-order chi connectivity index (χ0) is 11.8. The lowest BCUT2D eigenvalue weighted by Crippen LogP contribution is -2.00. The van der Waals surface area contributed by atoms with Crippen LogP contribution in [0, 0.1) is 13.8 Å².